The number of benzene rings is 2. The lowest BCUT2D eigenvalue weighted by molar-refractivity contribution is -0.128. The van der Waals surface area contributed by atoms with Crippen LogP contribution in [0.1, 0.15) is 30.4 Å². The van der Waals surface area contributed by atoms with Gasteiger partial charge in [-0.2, -0.15) is 0 Å². The highest BCUT2D eigenvalue weighted by Crippen LogP contribution is 2.21. The minimum atomic E-state index is -0.172. The van der Waals surface area contributed by atoms with Crippen LogP contribution in [0.3, 0.4) is 0 Å². The van der Waals surface area contributed by atoms with Crippen LogP contribution in [0.25, 0.3) is 6.08 Å². The molecule has 0 N–H and O–H groups in total. The largest absolute Gasteiger partial charge is 0.301 e. The van der Waals surface area contributed by atoms with Gasteiger partial charge in [0.05, 0.1) is 12.2 Å². The molecular formula is C22H21NO2. The van der Waals surface area contributed by atoms with E-state index in [1.165, 1.54) is 0 Å². The van der Waals surface area contributed by atoms with E-state index < -0.39 is 0 Å². The number of carbonyl (C=O) groups excluding carboxylic acids is 2. The van der Waals surface area contributed by atoms with Gasteiger partial charge in [-0.1, -0.05) is 66.7 Å². The summed E-state index contributed by atoms with van der Waals surface area (Å²) in [6, 6.07) is 19.4. The monoisotopic (exact) mass is 331 g/mol. The molecule has 0 aromatic heterocycles. The van der Waals surface area contributed by atoms with Crippen molar-refractivity contribution < 1.29 is 9.59 Å². The summed E-state index contributed by atoms with van der Waals surface area (Å²) in [5.74, 6) is -0.127. The van der Waals surface area contributed by atoms with Gasteiger partial charge in [-0.15, -0.1) is 0 Å². The Balaban J connectivity index is 1.85. The Morgan fingerprint density at radius 1 is 1.00 bits per heavy atom. The molecule has 1 aliphatic rings. The Bertz CT molecular complexity index is 791. The standard InChI is InChI=1S/C22H21NO2/c24-21-14-8-7-13-20(21)23(17-19-11-5-2-6-12-19)22(25)16-15-18-9-3-1-4-10-18/h1-6,9-13,15-16H,7-8,14,17H2/b16-15+. The normalized spacial score (nSPS) is 14.4. The van der Waals surface area contributed by atoms with Crippen LogP contribution in [0, 0.1) is 0 Å². The number of hydrogen-bond donors (Lipinski definition) is 0. The fourth-order valence-electron chi connectivity index (χ4n) is 2.87. The SMILES string of the molecule is O=C1CCCC=C1N(Cc1ccccc1)C(=O)/C=C/c1ccccc1. The Morgan fingerprint density at radius 2 is 1.68 bits per heavy atom. The number of amides is 1. The van der Waals surface area contributed by atoms with E-state index in [0.29, 0.717) is 18.7 Å². The molecule has 0 spiro atoms. The van der Waals surface area contributed by atoms with Crippen molar-refractivity contribution in [2.24, 2.45) is 0 Å². The van der Waals surface area contributed by atoms with Gasteiger partial charge < -0.3 is 4.90 Å². The Labute approximate surface area is 148 Å². The van der Waals surface area contributed by atoms with Crippen molar-refractivity contribution in [3.8, 4) is 0 Å². The lowest BCUT2D eigenvalue weighted by Gasteiger charge is -2.25. The maximum absolute atomic E-state index is 12.8. The molecule has 0 bridgehead atoms. The molecule has 0 aliphatic heterocycles. The lowest BCUT2D eigenvalue weighted by Crippen LogP contribution is -2.33. The fourth-order valence-corrected chi connectivity index (χ4v) is 2.87. The van der Waals surface area contributed by atoms with Gasteiger partial charge in [0.15, 0.2) is 5.78 Å². The molecular weight excluding hydrogens is 310 g/mol. The van der Waals surface area contributed by atoms with Crippen LogP contribution < -0.4 is 0 Å². The summed E-state index contributed by atoms with van der Waals surface area (Å²) in [7, 11) is 0. The highest BCUT2D eigenvalue weighted by atomic mass is 16.2. The second kappa shape index (κ2) is 8.25. The number of Topliss-reactive ketones (excluding diaryl/α,β-unsaturated/α-hetero) is 1. The molecule has 126 valence electrons. The Hall–Kier alpha value is -2.94. The molecule has 0 saturated heterocycles. The topological polar surface area (TPSA) is 37.4 Å². The molecule has 0 radical (unpaired) electrons. The van der Waals surface area contributed by atoms with E-state index in [1.54, 1.807) is 17.1 Å². The maximum Gasteiger partial charge on any atom is 0.251 e. The first-order valence-corrected chi connectivity index (χ1v) is 8.56. The van der Waals surface area contributed by atoms with Crippen LogP contribution in [0.4, 0.5) is 0 Å². The molecule has 3 heteroatoms. The zero-order chi connectivity index (χ0) is 17.5. The molecule has 2 aromatic rings. The highest BCUT2D eigenvalue weighted by molar-refractivity contribution is 6.02. The molecule has 1 amide bonds. The lowest BCUT2D eigenvalue weighted by atomic mass is 10.0. The van der Waals surface area contributed by atoms with Crippen molar-refractivity contribution >= 4 is 17.8 Å². The smallest absolute Gasteiger partial charge is 0.251 e. The van der Waals surface area contributed by atoms with Gasteiger partial charge in [0.2, 0.25) is 0 Å². The zero-order valence-electron chi connectivity index (χ0n) is 14.1. The van der Waals surface area contributed by atoms with Crippen molar-refractivity contribution in [1.29, 1.82) is 0 Å². The predicted octanol–water partition coefficient (Wildman–Crippen LogP) is 4.37. The fraction of sp³-hybridized carbons (Fsp3) is 0.182. The third-order valence-electron chi connectivity index (χ3n) is 4.19. The van der Waals surface area contributed by atoms with E-state index in [2.05, 4.69) is 0 Å². The van der Waals surface area contributed by atoms with Crippen LogP contribution >= 0.6 is 0 Å². The second-order valence-corrected chi connectivity index (χ2v) is 6.06. The van der Waals surface area contributed by atoms with Crippen LogP contribution in [-0.2, 0) is 16.1 Å². The predicted molar refractivity (Wildman–Crippen MR) is 99.4 cm³/mol. The molecule has 0 fully saturated rings. The first-order valence-electron chi connectivity index (χ1n) is 8.56. The average Bonchev–Trinajstić information content (AvgIpc) is 2.66. The molecule has 25 heavy (non-hydrogen) atoms. The molecule has 3 nitrogen and oxygen atoms in total. The molecule has 0 heterocycles. The molecule has 0 atom stereocenters. The van der Waals surface area contributed by atoms with E-state index in [9.17, 15) is 9.59 Å². The molecule has 2 aromatic carbocycles. The number of nitrogens with zero attached hydrogens (tertiary/aromatic N) is 1. The quantitative estimate of drug-likeness (QED) is 0.763. The number of allylic oxidation sites excluding steroid dienone is 2. The van der Waals surface area contributed by atoms with Crippen molar-refractivity contribution in [2.75, 3.05) is 0 Å². The average molecular weight is 331 g/mol. The number of rotatable bonds is 5. The van der Waals surface area contributed by atoms with Crippen LogP contribution in [0.2, 0.25) is 0 Å². The summed E-state index contributed by atoms with van der Waals surface area (Å²) in [6.45, 7) is 0.399. The molecule has 0 saturated carbocycles. The molecule has 3 rings (SSSR count). The van der Waals surface area contributed by atoms with Crippen molar-refractivity contribution in [1.82, 2.24) is 4.90 Å². The van der Waals surface area contributed by atoms with E-state index in [4.69, 9.17) is 0 Å². The van der Waals surface area contributed by atoms with E-state index in [1.807, 2.05) is 66.7 Å². The van der Waals surface area contributed by atoms with Gasteiger partial charge in [0.1, 0.15) is 0 Å². The van der Waals surface area contributed by atoms with Gasteiger partial charge >= 0.3 is 0 Å². The van der Waals surface area contributed by atoms with Crippen LogP contribution in [0.5, 0.6) is 0 Å². The number of hydrogen-bond acceptors (Lipinski definition) is 2. The third kappa shape index (κ3) is 4.54. The summed E-state index contributed by atoms with van der Waals surface area (Å²) in [5.41, 5.74) is 2.49. The van der Waals surface area contributed by atoms with Gasteiger partial charge in [-0.05, 0) is 30.0 Å². The first kappa shape index (κ1) is 16.9. The Kier molecular flexibility index (Phi) is 5.57. The van der Waals surface area contributed by atoms with Gasteiger partial charge in [-0.3, -0.25) is 9.59 Å². The van der Waals surface area contributed by atoms with E-state index in [0.717, 1.165) is 24.0 Å². The second-order valence-electron chi connectivity index (χ2n) is 6.06. The van der Waals surface area contributed by atoms with Crippen molar-refractivity contribution in [3.05, 3.63) is 89.6 Å². The third-order valence-corrected chi connectivity index (χ3v) is 4.19. The summed E-state index contributed by atoms with van der Waals surface area (Å²) in [5, 5.41) is 0. The van der Waals surface area contributed by atoms with Crippen LogP contribution in [0.15, 0.2) is 78.5 Å². The van der Waals surface area contributed by atoms with Crippen molar-refractivity contribution in [3.63, 3.8) is 0 Å². The van der Waals surface area contributed by atoms with Crippen molar-refractivity contribution in [2.45, 2.75) is 25.8 Å². The number of carbonyl (C=O) groups is 2. The maximum atomic E-state index is 12.8. The summed E-state index contributed by atoms with van der Waals surface area (Å²) >= 11 is 0. The minimum absolute atomic E-state index is 0.0450. The summed E-state index contributed by atoms with van der Waals surface area (Å²) in [4.78, 5) is 26.7. The van der Waals surface area contributed by atoms with E-state index in [-0.39, 0.29) is 11.7 Å². The van der Waals surface area contributed by atoms with Gasteiger partial charge in [-0.25, -0.2) is 0 Å². The number of ketones is 1. The first-order chi connectivity index (χ1) is 12.2. The highest BCUT2D eigenvalue weighted by Gasteiger charge is 2.24. The zero-order valence-corrected chi connectivity index (χ0v) is 14.1. The van der Waals surface area contributed by atoms with Gasteiger partial charge in [0, 0.05) is 12.5 Å². The van der Waals surface area contributed by atoms with Gasteiger partial charge in [0.25, 0.3) is 5.91 Å². The van der Waals surface area contributed by atoms with E-state index >= 15 is 0 Å². The summed E-state index contributed by atoms with van der Waals surface area (Å²) < 4.78 is 0. The minimum Gasteiger partial charge on any atom is -0.301 e. The Morgan fingerprint density at radius 3 is 2.36 bits per heavy atom. The van der Waals surface area contributed by atoms with Crippen LogP contribution in [-0.4, -0.2) is 16.6 Å². The molecule has 1 aliphatic carbocycles. The molecule has 0 unspecified atom stereocenters. The summed E-state index contributed by atoms with van der Waals surface area (Å²) in [6.07, 6.45) is 7.42.